The van der Waals surface area contributed by atoms with Gasteiger partial charge in [-0.15, -0.1) is 0 Å². The lowest BCUT2D eigenvalue weighted by atomic mass is 10.0. The SMILES string of the molecule is C/C=C/CCCCCCCCCCCCCCCC1=NC=C[N+]1(CC(=O)O)C(C)N. The summed E-state index contributed by atoms with van der Waals surface area (Å²) in [6, 6.07) is 0. The number of hydrogen-bond donors (Lipinski definition) is 2. The highest BCUT2D eigenvalue weighted by Crippen LogP contribution is 2.23. The van der Waals surface area contributed by atoms with E-state index in [0.717, 1.165) is 18.7 Å². The second kappa shape index (κ2) is 16.3. The lowest BCUT2D eigenvalue weighted by molar-refractivity contribution is -0.805. The van der Waals surface area contributed by atoms with Crippen molar-refractivity contribution >= 4 is 11.8 Å². The molecule has 0 bridgehead atoms. The number of nitrogens with zero attached hydrogens (tertiary/aromatic N) is 2. The molecule has 0 fully saturated rings. The Morgan fingerprint density at radius 3 is 1.97 bits per heavy atom. The molecule has 1 aliphatic heterocycles. The molecule has 30 heavy (non-hydrogen) atoms. The van der Waals surface area contributed by atoms with Gasteiger partial charge in [0.05, 0.1) is 6.20 Å². The van der Waals surface area contributed by atoms with Gasteiger partial charge in [-0.1, -0.05) is 82.8 Å². The van der Waals surface area contributed by atoms with E-state index >= 15 is 0 Å². The van der Waals surface area contributed by atoms with Crippen LogP contribution in [0, 0.1) is 0 Å². The number of carboxylic acid groups (broad SMARTS) is 1. The Labute approximate surface area is 184 Å². The first-order chi connectivity index (χ1) is 14.5. The number of carbonyl (C=O) groups is 1. The molecule has 2 atom stereocenters. The predicted molar refractivity (Wildman–Crippen MR) is 127 cm³/mol. The van der Waals surface area contributed by atoms with E-state index in [1.807, 2.05) is 13.1 Å². The molecular weight excluding hydrogens is 374 g/mol. The molecule has 2 unspecified atom stereocenters. The fourth-order valence-corrected chi connectivity index (χ4v) is 4.24. The van der Waals surface area contributed by atoms with Crippen molar-refractivity contribution in [2.75, 3.05) is 6.54 Å². The maximum absolute atomic E-state index is 11.3. The maximum Gasteiger partial charge on any atom is 0.360 e. The second-order valence-corrected chi connectivity index (χ2v) is 8.77. The van der Waals surface area contributed by atoms with Gasteiger partial charge in [-0.05, 0) is 26.2 Å². The molecule has 0 aromatic heterocycles. The first kappa shape index (κ1) is 26.6. The van der Waals surface area contributed by atoms with Gasteiger partial charge in [0, 0.05) is 13.3 Å². The van der Waals surface area contributed by atoms with E-state index in [-0.39, 0.29) is 17.2 Å². The van der Waals surface area contributed by atoms with Gasteiger partial charge < -0.3 is 5.11 Å². The highest BCUT2D eigenvalue weighted by Gasteiger charge is 2.40. The maximum atomic E-state index is 11.3. The number of quaternary nitrogens is 1. The molecule has 0 aromatic carbocycles. The van der Waals surface area contributed by atoms with Crippen LogP contribution < -0.4 is 5.73 Å². The van der Waals surface area contributed by atoms with Crippen LogP contribution in [-0.4, -0.2) is 34.1 Å². The Balaban J connectivity index is 1.98. The van der Waals surface area contributed by atoms with Gasteiger partial charge in [0.15, 0.2) is 6.54 Å². The molecule has 172 valence electrons. The van der Waals surface area contributed by atoms with Gasteiger partial charge in [0.25, 0.3) is 0 Å². The van der Waals surface area contributed by atoms with Crippen LogP contribution in [0.15, 0.2) is 29.5 Å². The van der Waals surface area contributed by atoms with Crippen molar-refractivity contribution in [3.05, 3.63) is 24.6 Å². The molecule has 1 rings (SSSR count). The van der Waals surface area contributed by atoms with Crippen molar-refractivity contribution in [2.24, 2.45) is 10.7 Å². The Hall–Kier alpha value is -1.46. The Morgan fingerprint density at radius 1 is 1.00 bits per heavy atom. The van der Waals surface area contributed by atoms with Gasteiger partial charge in [-0.2, -0.15) is 0 Å². The van der Waals surface area contributed by atoms with Crippen LogP contribution in [0.5, 0.6) is 0 Å². The third-order valence-electron chi connectivity index (χ3n) is 6.17. The summed E-state index contributed by atoms with van der Waals surface area (Å²) >= 11 is 0. The van der Waals surface area contributed by atoms with Gasteiger partial charge in [-0.3, -0.25) is 5.73 Å². The van der Waals surface area contributed by atoms with Crippen molar-refractivity contribution in [1.29, 1.82) is 0 Å². The fourth-order valence-electron chi connectivity index (χ4n) is 4.24. The molecule has 5 heteroatoms. The summed E-state index contributed by atoms with van der Waals surface area (Å²) in [5, 5.41) is 9.26. The summed E-state index contributed by atoms with van der Waals surface area (Å²) in [5.74, 6) is 0.0603. The van der Waals surface area contributed by atoms with E-state index in [2.05, 4.69) is 24.1 Å². The highest BCUT2D eigenvalue weighted by atomic mass is 16.4. The number of unbranched alkanes of at least 4 members (excludes halogenated alkanes) is 13. The zero-order valence-corrected chi connectivity index (χ0v) is 19.5. The van der Waals surface area contributed by atoms with Crippen LogP contribution in [0.4, 0.5) is 0 Å². The molecule has 0 spiro atoms. The smallest absolute Gasteiger partial charge is 0.360 e. The quantitative estimate of drug-likeness (QED) is 0.142. The lowest BCUT2D eigenvalue weighted by Gasteiger charge is -2.34. The molecule has 0 saturated heterocycles. The lowest BCUT2D eigenvalue weighted by Crippen LogP contribution is -2.59. The van der Waals surface area contributed by atoms with Crippen LogP contribution in [0.3, 0.4) is 0 Å². The standard InChI is InChI=1S/C25H45N3O2/c1-3-4-5-6-7-8-9-10-11-12-13-14-15-16-17-18-19-24-27-20-21-28(24,23(2)26)22-25(29)30/h3-4,20-21,23H,5-19,22,26H2,1-2H3/p+1/b4-3+. The molecule has 0 radical (unpaired) electrons. The topological polar surface area (TPSA) is 75.7 Å². The van der Waals surface area contributed by atoms with Gasteiger partial charge >= 0.3 is 5.97 Å². The minimum Gasteiger partial charge on any atom is -0.477 e. The van der Waals surface area contributed by atoms with Crippen LogP contribution in [0.1, 0.15) is 110 Å². The summed E-state index contributed by atoms with van der Waals surface area (Å²) in [6.07, 6.45) is 26.9. The van der Waals surface area contributed by atoms with Gasteiger partial charge in [-0.25, -0.2) is 14.3 Å². The molecule has 0 saturated carbocycles. The molecule has 1 aliphatic rings. The average Bonchev–Trinajstić information content (AvgIpc) is 3.10. The zero-order chi connectivity index (χ0) is 22.1. The Morgan fingerprint density at radius 2 is 1.50 bits per heavy atom. The third-order valence-corrected chi connectivity index (χ3v) is 6.17. The highest BCUT2D eigenvalue weighted by molar-refractivity contribution is 5.81. The van der Waals surface area contributed by atoms with Gasteiger partial charge in [0.2, 0.25) is 5.84 Å². The van der Waals surface area contributed by atoms with Crippen LogP contribution in [0.25, 0.3) is 0 Å². The fraction of sp³-hybridized carbons (Fsp3) is 0.760. The van der Waals surface area contributed by atoms with Crippen molar-refractivity contribution in [3.63, 3.8) is 0 Å². The van der Waals surface area contributed by atoms with Crippen LogP contribution >= 0.6 is 0 Å². The van der Waals surface area contributed by atoms with Crippen molar-refractivity contribution < 1.29 is 14.4 Å². The molecule has 5 nitrogen and oxygen atoms in total. The largest absolute Gasteiger partial charge is 0.477 e. The van der Waals surface area contributed by atoms with E-state index < -0.39 is 5.97 Å². The molecule has 1 heterocycles. The van der Waals surface area contributed by atoms with E-state index in [9.17, 15) is 9.90 Å². The van der Waals surface area contributed by atoms with Crippen LogP contribution in [-0.2, 0) is 4.79 Å². The number of carboxylic acids is 1. The summed E-state index contributed by atoms with van der Waals surface area (Å²) in [5.41, 5.74) is 6.11. The van der Waals surface area contributed by atoms with Crippen molar-refractivity contribution in [2.45, 2.75) is 116 Å². The van der Waals surface area contributed by atoms with E-state index in [4.69, 9.17) is 5.73 Å². The zero-order valence-electron chi connectivity index (χ0n) is 19.5. The number of amidine groups is 1. The summed E-state index contributed by atoms with van der Waals surface area (Å²) in [6.45, 7) is 3.93. The average molecular weight is 421 g/mol. The monoisotopic (exact) mass is 420 g/mol. The second-order valence-electron chi connectivity index (χ2n) is 8.77. The number of rotatable bonds is 19. The number of aliphatic imine (C=N–C) groups is 1. The van der Waals surface area contributed by atoms with Gasteiger partial charge in [0.1, 0.15) is 12.4 Å². The Kier molecular flexibility index (Phi) is 14.4. The normalized spacial score (nSPS) is 19.5. The summed E-state index contributed by atoms with van der Waals surface area (Å²) < 4.78 is 0.172. The number of allylic oxidation sites excluding steroid dienone is 2. The third kappa shape index (κ3) is 10.5. The summed E-state index contributed by atoms with van der Waals surface area (Å²) in [7, 11) is 0. The molecular formula is C25H46N3O2+. The molecule has 0 amide bonds. The molecule has 0 aromatic rings. The predicted octanol–water partition coefficient (Wildman–Crippen LogP) is 6.50. The molecule has 3 N–H and O–H groups in total. The van der Waals surface area contributed by atoms with E-state index in [1.54, 1.807) is 6.20 Å². The first-order valence-corrected chi connectivity index (χ1v) is 12.2. The number of aliphatic carboxylic acids is 1. The molecule has 0 aliphatic carbocycles. The number of nitrogens with two attached hydrogens (primary N) is 1. The summed E-state index contributed by atoms with van der Waals surface area (Å²) in [4.78, 5) is 15.7. The van der Waals surface area contributed by atoms with Crippen molar-refractivity contribution in [1.82, 2.24) is 0 Å². The number of hydrogen-bond acceptors (Lipinski definition) is 3. The van der Waals surface area contributed by atoms with E-state index in [0.29, 0.717) is 0 Å². The first-order valence-electron chi connectivity index (χ1n) is 12.2. The van der Waals surface area contributed by atoms with E-state index in [1.165, 1.54) is 83.5 Å². The minimum absolute atomic E-state index is 0.0246. The Bertz CT molecular complexity index is 555. The van der Waals surface area contributed by atoms with Crippen molar-refractivity contribution in [3.8, 4) is 0 Å². The van der Waals surface area contributed by atoms with Crippen LogP contribution in [0.2, 0.25) is 0 Å². The minimum atomic E-state index is -0.837.